The Morgan fingerprint density at radius 3 is 2.52 bits per heavy atom. The van der Waals surface area contributed by atoms with Crippen molar-refractivity contribution in [3.63, 3.8) is 0 Å². The molecule has 1 saturated heterocycles. The first-order valence-corrected chi connectivity index (χ1v) is 8.81. The van der Waals surface area contributed by atoms with Crippen molar-refractivity contribution in [3.8, 4) is 0 Å². The lowest BCUT2D eigenvalue weighted by Crippen LogP contribution is -2.37. The van der Waals surface area contributed by atoms with Gasteiger partial charge in [0.1, 0.15) is 0 Å². The van der Waals surface area contributed by atoms with Gasteiger partial charge in [0, 0.05) is 36.8 Å². The Morgan fingerprint density at radius 2 is 1.90 bits per heavy atom. The third-order valence-corrected chi connectivity index (χ3v) is 5.22. The SMILES string of the molecule is NC1(C(=O)Nc2ccc(CCN3CCSCC3)cc2)CC1. The molecular formula is C16H23N3OS. The highest BCUT2D eigenvalue weighted by atomic mass is 32.2. The molecule has 2 aliphatic rings. The molecular weight excluding hydrogens is 282 g/mol. The second-order valence-corrected chi connectivity index (χ2v) is 7.24. The molecule has 2 fully saturated rings. The van der Waals surface area contributed by atoms with Crippen molar-refractivity contribution in [3.05, 3.63) is 29.8 Å². The normalized spacial score (nSPS) is 21.0. The summed E-state index contributed by atoms with van der Waals surface area (Å²) in [6.07, 6.45) is 2.66. The van der Waals surface area contributed by atoms with Crippen LogP contribution in [0.3, 0.4) is 0 Å². The molecule has 4 nitrogen and oxygen atoms in total. The Hall–Kier alpha value is -1.04. The van der Waals surface area contributed by atoms with Crippen LogP contribution < -0.4 is 11.1 Å². The number of rotatable bonds is 5. The smallest absolute Gasteiger partial charge is 0.244 e. The van der Waals surface area contributed by atoms with Crippen LogP contribution in [0.25, 0.3) is 0 Å². The van der Waals surface area contributed by atoms with E-state index in [0.717, 1.165) is 31.5 Å². The molecule has 0 radical (unpaired) electrons. The van der Waals surface area contributed by atoms with Crippen LogP contribution in [0.4, 0.5) is 5.69 Å². The highest BCUT2D eigenvalue weighted by Crippen LogP contribution is 2.33. The van der Waals surface area contributed by atoms with Gasteiger partial charge in [-0.2, -0.15) is 11.8 Å². The molecule has 114 valence electrons. The summed E-state index contributed by atoms with van der Waals surface area (Å²) in [5.74, 6) is 2.46. The van der Waals surface area contributed by atoms with Crippen molar-refractivity contribution in [2.24, 2.45) is 5.73 Å². The van der Waals surface area contributed by atoms with Crippen LogP contribution in [0.15, 0.2) is 24.3 Å². The molecule has 3 N–H and O–H groups in total. The number of hydrogen-bond acceptors (Lipinski definition) is 4. The van der Waals surface area contributed by atoms with Crippen LogP contribution in [0.5, 0.6) is 0 Å². The minimum Gasteiger partial charge on any atom is -0.324 e. The molecule has 0 unspecified atom stereocenters. The summed E-state index contributed by atoms with van der Waals surface area (Å²) in [5.41, 5.74) is 7.43. The number of thioether (sulfide) groups is 1. The number of amides is 1. The quantitative estimate of drug-likeness (QED) is 0.869. The first kappa shape index (κ1) is 14.9. The lowest BCUT2D eigenvalue weighted by molar-refractivity contribution is -0.118. The molecule has 3 rings (SSSR count). The van der Waals surface area contributed by atoms with E-state index < -0.39 is 5.54 Å². The maximum atomic E-state index is 11.9. The lowest BCUT2D eigenvalue weighted by atomic mass is 10.1. The summed E-state index contributed by atoms with van der Waals surface area (Å²) < 4.78 is 0. The zero-order chi connectivity index (χ0) is 14.7. The van der Waals surface area contributed by atoms with Gasteiger partial charge in [-0.05, 0) is 37.0 Å². The summed E-state index contributed by atoms with van der Waals surface area (Å²) in [5, 5.41) is 2.90. The molecule has 1 aromatic carbocycles. The molecule has 0 atom stereocenters. The fraction of sp³-hybridized carbons (Fsp3) is 0.562. The van der Waals surface area contributed by atoms with Crippen LogP contribution in [0.2, 0.25) is 0 Å². The molecule has 21 heavy (non-hydrogen) atoms. The fourth-order valence-electron chi connectivity index (χ4n) is 2.48. The molecule has 1 amide bonds. The van der Waals surface area contributed by atoms with E-state index in [9.17, 15) is 4.79 Å². The molecule has 1 saturated carbocycles. The van der Waals surface area contributed by atoms with Crippen LogP contribution >= 0.6 is 11.8 Å². The average Bonchev–Trinajstić information content (AvgIpc) is 3.27. The minimum absolute atomic E-state index is 0.0546. The number of hydrogen-bond donors (Lipinski definition) is 2. The lowest BCUT2D eigenvalue weighted by Gasteiger charge is -2.26. The molecule has 0 bridgehead atoms. The molecule has 1 aliphatic carbocycles. The van der Waals surface area contributed by atoms with Gasteiger partial charge in [-0.15, -0.1) is 0 Å². The maximum Gasteiger partial charge on any atom is 0.244 e. The molecule has 1 aromatic rings. The first-order valence-electron chi connectivity index (χ1n) is 7.65. The van der Waals surface area contributed by atoms with E-state index >= 15 is 0 Å². The van der Waals surface area contributed by atoms with E-state index in [0.29, 0.717) is 0 Å². The predicted molar refractivity (Wildman–Crippen MR) is 88.7 cm³/mol. The summed E-state index contributed by atoms with van der Waals surface area (Å²) in [4.78, 5) is 14.4. The van der Waals surface area contributed by atoms with E-state index in [1.165, 1.54) is 30.2 Å². The van der Waals surface area contributed by atoms with Gasteiger partial charge in [0.25, 0.3) is 0 Å². The largest absolute Gasteiger partial charge is 0.324 e. The maximum absolute atomic E-state index is 11.9. The van der Waals surface area contributed by atoms with Crippen molar-refractivity contribution in [2.45, 2.75) is 24.8 Å². The van der Waals surface area contributed by atoms with Crippen molar-refractivity contribution in [1.29, 1.82) is 0 Å². The molecule has 1 aliphatic heterocycles. The van der Waals surface area contributed by atoms with Gasteiger partial charge in [0.15, 0.2) is 0 Å². The summed E-state index contributed by atoms with van der Waals surface area (Å²) in [7, 11) is 0. The molecule has 0 spiro atoms. The molecule has 5 heteroatoms. The van der Waals surface area contributed by atoms with Gasteiger partial charge < -0.3 is 16.0 Å². The van der Waals surface area contributed by atoms with Gasteiger partial charge in [-0.3, -0.25) is 4.79 Å². The fourth-order valence-corrected chi connectivity index (χ4v) is 3.46. The van der Waals surface area contributed by atoms with Gasteiger partial charge in [-0.25, -0.2) is 0 Å². The van der Waals surface area contributed by atoms with Gasteiger partial charge in [0.2, 0.25) is 5.91 Å². The average molecular weight is 305 g/mol. The number of carbonyl (C=O) groups excluding carboxylic acids is 1. The second kappa shape index (κ2) is 6.38. The Labute approximate surface area is 130 Å². The number of anilines is 1. The van der Waals surface area contributed by atoms with Crippen molar-refractivity contribution < 1.29 is 4.79 Å². The summed E-state index contributed by atoms with van der Waals surface area (Å²) in [6.45, 7) is 3.53. The number of carbonyl (C=O) groups is 1. The zero-order valence-corrected chi connectivity index (χ0v) is 13.1. The van der Waals surface area contributed by atoms with E-state index in [4.69, 9.17) is 5.73 Å². The molecule has 0 aromatic heterocycles. The second-order valence-electron chi connectivity index (χ2n) is 6.01. The van der Waals surface area contributed by atoms with E-state index in [2.05, 4.69) is 22.3 Å². The van der Waals surface area contributed by atoms with Crippen molar-refractivity contribution in [2.75, 3.05) is 36.5 Å². The highest BCUT2D eigenvalue weighted by molar-refractivity contribution is 7.99. The minimum atomic E-state index is -0.606. The predicted octanol–water partition coefficient (Wildman–Crippen LogP) is 1.71. The zero-order valence-electron chi connectivity index (χ0n) is 12.3. The number of nitrogens with one attached hydrogen (secondary N) is 1. The van der Waals surface area contributed by atoms with Crippen molar-refractivity contribution >= 4 is 23.4 Å². The Balaban J connectivity index is 1.48. The summed E-state index contributed by atoms with van der Waals surface area (Å²) in [6, 6.07) is 8.16. The van der Waals surface area contributed by atoms with Gasteiger partial charge in [0.05, 0.1) is 5.54 Å². The topological polar surface area (TPSA) is 58.4 Å². The third-order valence-electron chi connectivity index (χ3n) is 4.27. The number of nitrogens with zero attached hydrogens (tertiary/aromatic N) is 1. The monoisotopic (exact) mass is 305 g/mol. The first-order chi connectivity index (χ1) is 10.2. The van der Waals surface area contributed by atoms with E-state index in [1.807, 2.05) is 23.9 Å². The van der Waals surface area contributed by atoms with Crippen LogP contribution in [-0.2, 0) is 11.2 Å². The third kappa shape index (κ3) is 3.99. The van der Waals surface area contributed by atoms with Gasteiger partial charge >= 0.3 is 0 Å². The standard InChI is InChI=1S/C16H23N3OS/c17-16(6-7-16)15(20)18-14-3-1-13(2-4-14)5-8-19-9-11-21-12-10-19/h1-4H,5-12,17H2,(H,18,20). The number of nitrogens with two attached hydrogens (primary N) is 1. The Morgan fingerprint density at radius 1 is 1.24 bits per heavy atom. The van der Waals surface area contributed by atoms with Crippen LogP contribution in [0, 0.1) is 0 Å². The van der Waals surface area contributed by atoms with Gasteiger partial charge in [-0.1, -0.05) is 12.1 Å². The van der Waals surface area contributed by atoms with Crippen LogP contribution in [-0.4, -0.2) is 47.5 Å². The van der Waals surface area contributed by atoms with Crippen LogP contribution in [0.1, 0.15) is 18.4 Å². The van der Waals surface area contributed by atoms with Crippen molar-refractivity contribution in [1.82, 2.24) is 4.90 Å². The highest BCUT2D eigenvalue weighted by Gasteiger charge is 2.45. The van der Waals surface area contributed by atoms with E-state index in [-0.39, 0.29) is 5.91 Å². The Kier molecular flexibility index (Phi) is 4.52. The summed E-state index contributed by atoms with van der Waals surface area (Å²) >= 11 is 2.04. The molecule has 1 heterocycles. The Bertz CT molecular complexity index is 493. The number of benzene rings is 1. The van der Waals surface area contributed by atoms with E-state index in [1.54, 1.807) is 0 Å².